The minimum Gasteiger partial charge on any atom is -0.388 e. The van der Waals surface area contributed by atoms with Gasteiger partial charge in [-0.15, -0.1) is 5.10 Å². The number of likely N-dealkylation sites (tertiary alicyclic amines) is 1. The Morgan fingerprint density at radius 3 is 3.06 bits per heavy atom. The number of piperidine rings is 1. The van der Waals surface area contributed by atoms with Crippen LogP contribution in [0.25, 0.3) is 0 Å². The maximum Gasteiger partial charge on any atom is 0.132 e. The van der Waals surface area contributed by atoms with E-state index in [2.05, 4.69) is 21.4 Å². The summed E-state index contributed by atoms with van der Waals surface area (Å²) in [5, 5.41) is 4.77. The molecule has 2 rings (SSSR count). The third-order valence-electron chi connectivity index (χ3n) is 3.19. The maximum atomic E-state index is 5.79. The molecule has 0 aromatic carbocycles. The van der Waals surface area contributed by atoms with Gasteiger partial charge in [0.15, 0.2) is 0 Å². The second-order valence-electron chi connectivity index (χ2n) is 4.55. The van der Waals surface area contributed by atoms with Crippen molar-refractivity contribution in [1.29, 1.82) is 0 Å². The van der Waals surface area contributed by atoms with Crippen molar-refractivity contribution < 1.29 is 4.74 Å². The highest BCUT2D eigenvalue weighted by molar-refractivity contribution is 7.09. The first-order valence-electron chi connectivity index (χ1n) is 5.47. The van der Waals surface area contributed by atoms with Crippen molar-refractivity contribution in [1.82, 2.24) is 14.5 Å². The van der Waals surface area contributed by atoms with E-state index in [4.69, 9.17) is 10.5 Å². The standard InChI is InChI=1S/C10H18N4OS/c1-10(15-2)4-3-5-14(7-10)6-8-9(11)16-13-12-8/h3-7,11H2,1-2H3. The zero-order valence-corrected chi connectivity index (χ0v) is 10.6. The molecular formula is C10H18N4OS. The number of methoxy groups -OCH3 is 1. The molecule has 0 aliphatic carbocycles. The van der Waals surface area contributed by atoms with Crippen molar-refractivity contribution in [2.45, 2.75) is 31.9 Å². The first kappa shape index (κ1) is 11.8. The molecule has 1 unspecified atom stereocenters. The molecule has 1 aromatic rings. The predicted molar refractivity (Wildman–Crippen MR) is 64.2 cm³/mol. The number of hydrogen-bond donors (Lipinski definition) is 1. The number of nitrogens with zero attached hydrogens (tertiary/aromatic N) is 3. The lowest BCUT2D eigenvalue weighted by Crippen LogP contribution is -2.46. The zero-order chi connectivity index (χ0) is 11.6. The van der Waals surface area contributed by atoms with E-state index in [9.17, 15) is 0 Å². The first-order chi connectivity index (χ1) is 7.63. The fourth-order valence-corrected chi connectivity index (χ4v) is 2.58. The largest absolute Gasteiger partial charge is 0.388 e. The van der Waals surface area contributed by atoms with Gasteiger partial charge in [-0.3, -0.25) is 4.90 Å². The molecule has 0 bridgehead atoms. The van der Waals surface area contributed by atoms with Crippen LogP contribution in [0.2, 0.25) is 0 Å². The molecule has 1 saturated heterocycles. The highest BCUT2D eigenvalue weighted by atomic mass is 32.1. The minimum atomic E-state index is -0.0313. The van der Waals surface area contributed by atoms with E-state index in [1.807, 2.05) is 0 Å². The van der Waals surface area contributed by atoms with E-state index >= 15 is 0 Å². The van der Waals surface area contributed by atoms with E-state index in [1.54, 1.807) is 7.11 Å². The van der Waals surface area contributed by atoms with E-state index in [1.165, 1.54) is 11.5 Å². The van der Waals surface area contributed by atoms with Gasteiger partial charge < -0.3 is 10.5 Å². The van der Waals surface area contributed by atoms with Crippen molar-refractivity contribution in [3.8, 4) is 0 Å². The Labute approximate surface area is 99.7 Å². The Bertz CT molecular complexity index is 356. The van der Waals surface area contributed by atoms with Crippen molar-refractivity contribution in [2.24, 2.45) is 0 Å². The summed E-state index contributed by atoms with van der Waals surface area (Å²) >= 11 is 1.26. The molecular weight excluding hydrogens is 224 g/mol. The van der Waals surface area contributed by atoms with E-state index in [0.29, 0.717) is 0 Å². The average molecular weight is 242 g/mol. The van der Waals surface area contributed by atoms with Crippen LogP contribution >= 0.6 is 11.5 Å². The van der Waals surface area contributed by atoms with Gasteiger partial charge in [0.25, 0.3) is 0 Å². The van der Waals surface area contributed by atoms with Gasteiger partial charge in [-0.1, -0.05) is 4.49 Å². The monoisotopic (exact) mass is 242 g/mol. The van der Waals surface area contributed by atoms with E-state index in [-0.39, 0.29) is 5.60 Å². The van der Waals surface area contributed by atoms with Gasteiger partial charge in [-0.2, -0.15) is 0 Å². The summed E-state index contributed by atoms with van der Waals surface area (Å²) in [5.41, 5.74) is 6.66. The molecule has 1 aliphatic rings. The number of aromatic nitrogens is 2. The summed E-state index contributed by atoms with van der Waals surface area (Å²) in [4.78, 5) is 2.33. The molecule has 0 amide bonds. The van der Waals surface area contributed by atoms with Crippen molar-refractivity contribution in [3.63, 3.8) is 0 Å². The number of ether oxygens (including phenoxy) is 1. The van der Waals surface area contributed by atoms with Gasteiger partial charge in [0.2, 0.25) is 0 Å². The Hall–Kier alpha value is -0.720. The van der Waals surface area contributed by atoms with Crippen LogP contribution in [0.1, 0.15) is 25.5 Å². The lowest BCUT2D eigenvalue weighted by atomic mass is 9.95. The Balaban J connectivity index is 1.98. The number of rotatable bonds is 3. The van der Waals surface area contributed by atoms with Crippen molar-refractivity contribution >= 4 is 16.5 Å². The second-order valence-corrected chi connectivity index (χ2v) is 5.34. The number of nitrogen functional groups attached to an aromatic ring is 1. The van der Waals surface area contributed by atoms with Gasteiger partial charge in [0.1, 0.15) is 10.7 Å². The molecule has 1 fully saturated rings. The topological polar surface area (TPSA) is 64.3 Å². The number of hydrogen-bond acceptors (Lipinski definition) is 6. The lowest BCUT2D eigenvalue weighted by Gasteiger charge is -2.39. The molecule has 90 valence electrons. The molecule has 2 N–H and O–H groups in total. The molecule has 6 heteroatoms. The van der Waals surface area contributed by atoms with Crippen molar-refractivity contribution in [3.05, 3.63) is 5.69 Å². The number of nitrogens with two attached hydrogens (primary N) is 1. The van der Waals surface area contributed by atoms with Gasteiger partial charge in [-0.25, -0.2) is 0 Å². The molecule has 2 heterocycles. The van der Waals surface area contributed by atoms with Crippen LogP contribution in [0.3, 0.4) is 0 Å². The maximum absolute atomic E-state index is 5.79. The molecule has 16 heavy (non-hydrogen) atoms. The fraction of sp³-hybridized carbons (Fsp3) is 0.800. The van der Waals surface area contributed by atoms with Crippen LogP contribution in [-0.2, 0) is 11.3 Å². The van der Waals surface area contributed by atoms with Crippen LogP contribution in [0.15, 0.2) is 0 Å². The zero-order valence-electron chi connectivity index (χ0n) is 9.77. The van der Waals surface area contributed by atoms with E-state index in [0.717, 1.165) is 43.2 Å². The Morgan fingerprint density at radius 2 is 2.44 bits per heavy atom. The highest BCUT2D eigenvalue weighted by Gasteiger charge is 2.31. The fourth-order valence-electron chi connectivity index (χ4n) is 2.15. The Kier molecular flexibility index (Phi) is 3.41. The van der Waals surface area contributed by atoms with Crippen LogP contribution < -0.4 is 5.73 Å². The van der Waals surface area contributed by atoms with Gasteiger partial charge in [-0.05, 0) is 26.3 Å². The van der Waals surface area contributed by atoms with Gasteiger partial charge in [0, 0.05) is 31.7 Å². The molecule has 1 aliphatic heterocycles. The summed E-state index contributed by atoms with van der Waals surface area (Å²) in [6.45, 7) is 4.94. The minimum absolute atomic E-state index is 0.0313. The first-order valence-corrected chi connectivity index (χ1v) is 6.24. The average Bonchev–Trinajstić information content (AvgIpc) is 2.65. The third-order valence-corrected chi connectivity index (χ3v) is 3.78. The van der Waals surface area contributed by atoms with Crippen LogP contribution in [-0.4, -0.2) is 40.3 Å². The van der Waals surface area contributed by atoms with Gasteiger partial charge >= 0.3 is 0 Å². The summed E-state index contributed by atoms with van der Waals surface area (Å²) in [5.74, 6) is 0. The van der Waals surface area contributed by atoms with E-state index < -0.39 is 0 Å². The molecule has 0 spiro atoms. The molecule has 1 atom stereocenters. The predicted octanol–water partition coefficient (Wildman–Crippen LogP) is 1.12. The van der Waals surface area contributed by atoms with Crippen LogP contribution in [0, 0.1) is 0 Å². The molecule has 1 aromatic heterocycles. The normalized spacial score (nSPS) is 27.1. The summed E-state index contributed by atoms with van der Waals surface area (Å²) in [6.07, 6.45) is 2.27. The molecule has 5 nitrogen and oxygen atoms in total. The quantitative estimate of drug-likeness (QED) is 0.860. The third kappa shape index (κ3) is 2.50. The summed E-state index contributed by atoms with van der Waals surface area (Å²) in [6, 6.07) is 0. The van der Waals surface area contributed by atoms with Gasteiger partial charge in [0.05, 0.1) is 5.60 Å². The molecule has 0 radical (unpaired) electrons. The Morgan fingerprint density at radius 1 is 1.62 bits per heavy atom. The van der Waals surface area contributed by atoms with Crippen LogP contribution in [0.5, 0.6) is 0 Å². The SMILES string of the molecule is COC1(C)CCCN(Cc2nnsc2N)C1. The highest BCUT2D eigenvalue weighted by Crippen LogP contribution is 2.25. The summed E-state index contributed by atoms with van der Waals surface area (Å²) in [7, 11) is 1.78. The van der Waals surface area contributed by atoms with Crippen LogP contribution in [0.4, 0.5) is 5.00 Å². The lowest BCUT2D eigenvalue weighted by molar-refractivity contribution is -0.0529. The second kappa shape index (κ2) is 4.65. The summed E-state index contributed by atoms with van der Waals surface area (Å²) < 4.78 is 9.40. The number of anilines is 1. The smallest absolute Gasteiger partial charge is 0.132 e. The molecule has 0 saturated carbocycles. The van der Waals surface area contributed by atoms with Crippen molar-refractivity contribution in [2.75, 3.05) is 25.9 Å².